The van der Waals surface area contributed by atoms with Gasteiger partial charge in [-0.3, -0.25) is 4.79 Å². The van der Waals surface area contributed by atoms with Crippen LogP contribution in [0.1, 0.15) is 61.9 Å². The van der Waals surface area contributed by atoms with Crippen molar-refractivity contribution >= 4 is 5.91 Å². The van der Waals surface area contributed by atoms with Gasteiger partial charge in [0.05, 0.1) is 25.0 Å². The van der Waals surface area contributed by atoms with Gasteiger partial charge < -0.3 is 14.2 Å². The van der Waals surface area contributed by atoms with Gasteiger partial charge in [-0.15, -0.1) is 0 Å². The molecule has 1 fully saturated rings. The Morgan fingerprint density at radius 2 is 1.83 bits per heavy atom. The van der Waals surface area contributed by atoms with Gasteiger partial charge in [0.15, 0.2) is 0 Å². The Hall–Kier alpha value is -3.67. The van der Waals surface area contributed by atoms with Gasteiger partial charge in [0.1, 0.15) is 17.8 Å². The van der Waals surface area contributed by atoms with E-state index in [1.165, 1.54) is 19.3 Å². The number of pyridine rings is 1. The molecule has 2 aromatic carbocycles. The van der Waals surface area contributed by atoms with Crippen LogP contribution < -0.4 is 4.74 Å². The lowest BCUT2D eigenvalue weighted by atomic mass is 9.92. The zero-order valence-electron chi connectivity index (χ0n) is 21.4. The summed E-state index contributed by atoms with van der Waals surface area (Å²) >= 11 is 0. The van der Waals surface area contributed by atoms with Crippen molar-refractivity contribution in [3.63, 3.8) is 0 Å². The number of carbonyl (C=O) groups is 1. The number of fused-ring (bicyclic) bond motifs is 1. The summed E-state index contributed by atoms with van der Waals surface area (Å²) in [6, 6.07) is 18.6. The van der Waals surface area contributed by atoms with E-state index in [0.717, 1.165) is 41.1 Å². The number of methoxy groups -OCH3 is 1. The van der Waals surface area contributed by atoms with E-state index in [4.69, 9.17) is 4.74 Å². The van der Waals surface area contributed by atoms with Gasteiger partial charge in [-0.1, -0.05) is 55.7 Å². The van der Waals surface area contributed by atoms with Gasteiger partial charge in [-0.05, 0) is 44.9 Å². The van der Waals surface area contributed by atoms with E-state index in [9.17, 15) is 4.79 Å². The van der Waals surface area contributed by atoms with Crippen LogP contribution in [0.5, 0.6) is 5.75 Å². The Morgan fingerprint density at radius 1 is 1.06 bits per heavy atom. The Bertz CT molecular complexity index is 1290. The minimum atomic E-state index is 0.0906. The maximum absolute atomic E-state index is 13.6. The molecule has 6 heteroatoms. The summed E-state index contributed by atoms with van der Waals surface area (Å²) < 4.78 is 7.97. The standard InChI is InChI=1S/C30H34N4O2/c1-21(2)34(25-12-8-5-9-13-25)30(35)23-14-15-24(27(18-23)36-3)19-33-17-16-26-28(32-20-31-26)29(33)22-10-6-4-7-11-22/h4,6-7,10-11,14-18,20-21,25H,5,8-9,12-13,19H2,1-3H3. The molecule has 0 N–H and O–H groups in total. The molecule has 3 aliphatic rings. The molecule has 2 aliphatic heterocycles. The summed E-state index contributed by atoms with van der Waals surface area (Å²) in [4.78, 5) is 24.7. The third kappa shape index (κ3) is 4.72. The molecule has 0 spiro atoms. The fourth-order valence-corrected chi connectivity index (χ4v) is 5.50. The molecule has 0 radical (unpaired) electrons. The first-order valence-corrected chi connectivity index (χ1v) is 12.9. The number of benzene rings is 2. The number of amides is 1. The van der Waals surface area contributed by atoms with E-state index in [-0.39, 0.29) is 11.9 Å². The highest BCUT2D eigenvalue weighted by atomic mass is 16.5. The van der Waals surface area contributed by atoms with Crippen molar-refractivity contribution in [2.45, 2.75) is 64.6 Å². The molecule has 2 aromatic rings. The van der Waals surface area contributed by atoms with Crippen LogP contribution in [0.15, 0.2) is 67.1 Å². The van der Waals surface area contributed by atoms with E-state index >= 15 is 0 Å². The van der Waals surface area contributed by atoms with Crippen molar-refractivity contribution in [2.75, 3.05) is 7.11 Å². The first-order valence-electron chi connectivity index (χ1n) is 12.9. The predicted octanol–water partition coefficient (Wildman–Crippen LogP) is 6.29. The van der Waals surface area contributed by atoms with Crippen LogP contribution >= 0.6 is 0 Å². The van der Waals surface area contributed by atoms with Crippen LogP contribution in [0.3, 0.4) is 0 Å². The summed E-state index contributed by atoms with van der Waals surface area (Å²) in [7, 11) is 1.67. The normalized spacial score (nSPS) is 14.3. The molecule has 1 aliphatic carbocycles. The topological polar surface area (TPSA) is 60.2 Å². The smallest absolute Gasteiger partial charge is 0.254 e. The van der Waals surface area contributed by atoms with Gasteiger partial charge in [0.2, 0.25) is 0 Å². The summed E-state index contributed by atoms with van der Waals surface area (Å²) in [5.41, 5.74) is 5.51. The Labute approximate surface area is 213 Å². The van der Waals surface area contributed by atoms with E-state index in [1.807, 2.05) is 48.7 Å². The van der Waals surface area contributed by atoms with Crippen molar-refractivity contribution in [1.29, 1.82) is 0 Å². The average molecular weight is 483 g/mol. The molecule has 0 aromatic heterocycles. The van der Waals surface area contributed by atoms with Crippen LogP contribution in [0, 0.1) is 0 Å². The minimum absolute atomic E-state index is 0.0906. The molecule has 186 valence electrons. The van der Waals surface area contributed by atoms with Crippen LogP contribution in [0.25, 0.3) is 22.6 Å². The zero-order valence-corrected chi connectivity index (χ0v) is 21.4. The van der Waals surface area contributed by atoms with Crippen molar-refractivity contribution in [3.05, 3.63) is 78.2 Å². The molecule has 0 atom stereocenters. The fourth-order valence-electron chi connectivity index (χ4n) is 5.50. The summed E-state index contributed by atoms with van der Waals surface area (Å²) in [5.74, 6) is 0.807. The van der Waals surface area contributed by atoms with Gasteiger partial charge in [0, 0.05) is 35.0 Å². The molecule has 0 bridgehead atoms. The number of nitrogens with zero attached hydrogens (tertiary/aromatic N) is 4. The molecule has 36 heavy (non-hydrogen) atoms. The number of ether oxygens (including phenoxy) is 1. The lowest BCUT2D eigenvalue weighted by Crippen LogP contribution is -2.45. The summed E-state index contributed by atoms with van der Waals surface area (Å²) in [6.45, 7) is 4.81. The number of hydrogen-bond donors (Lipinski definition) is 0. The number of carbonyl (C=O) groups excluding carboxylic acids is 1. The van der Waals surface area contributed by atoms with Gasteiger partial charge in [-0.25, -0.2) is 9.97 Å². The molecule has 2 heterocycles. The van der Waals surface area contributed by atoms with Crippen LogP contribution in [-0.2, 0) is 6.54 Å². The number of rotatable bonds is 7. The van der Waals surface area contributed by atoms with Gasteiger partial charge in [0.25, 0.3) is 5.91 Å². The highest BCUT2D eigenvalue weighted by molar-refractivity contribution is 5.95. The summed E-state index contributed by atoms with van der Waals surface area (Å²) in [5, 5.41) is 0. The molecule has 6 nitrogen and oxygen atoms in total. The predicted molar refractivity (Wildman–Crippen MR) is 142 cm³/mol. The van der Waals surface area contributed by atoms with E-state index in [1.54, 1.807) is 13.4 Å². The van der Waals surface area contributed by atoms with Crippen LogP contribution in [0.2, 0.25) is 0 Å². The largest absolute Gasteiger partial charge is 0.496 e. The lowest BCUT2D eigenvalue weighted by molar-refractivity contribution is 0.0555. The van der Waals surface area contributed by atoms with Crippen LogP contribution in [-0.4, -0.2) is 44.5 Å². The third-order valence-electron chi connectivity index (χ3n) is 7.23. The van der Waals surface area contributed by atoms with E-state index < -0.39 is 0 Å². The number of imidazole rings is 1. The average Bonchev–Trinajstić information content (AvgIpc) is 3.38. The Morgan fingerprint density at radius 3 is 2.56 bits per heavy atom. The fraction of sp³-hybridized carbons (Fsp3) is 0.367. The number of hydrogen-bond acceptors (Lipinski definition) is 4. The highest BCUT2D eigenvalue weighted by Crippen LogP contribution is 2.33. The lowest BCUT2D eigenvalue weighted by Gasteiger charge is -2.37. The molecule has 0 unspecified atom stereocenters. The van der Waals surface area contributed by atoms with Crippen molar-refractivity contribution in [1.82, 2.24) is 19.4 Å². The molecule has 0 saturated heterocycles. The van der Waals surface area contributed by atoms with E-state index in [2.05, 4.69) is 45.4 Å². The monoisotopic (exact) mass is 482 g/mol. The molecular formula is C30H34N4O2. The second-order valence-corrected chi connectivity index (χ2v) is 9.89. The maximum Gasteiger partial charge on any atom is 0.254 e. The third-order valence-corrected chi connectivity index (χ3v) is 7.23. The second-order valence-electron chi connectivity index (χ2n) is 9.89. The molecule has 1 amide bonds. The van der Waals surface area contributed by atoms with Gasteiger partial charge >= 0.3 is 0 Å². The van der Waals surface area contributed by atoms with E-state index in [0.29, 0.717) is 23.9 Å². The second kappa shape index (κ2) is 10.5. The van der Waals surface area contributed by atoms with Gasteiger partial charge in [-0.2, -0.15) is 0 Å². The number of aromatic nitrogens is 3. The highest BCUT2D eigenvalue weighted by Gasteiger charge is 2.29. The first kappa shape index (κ1) is 24.0. The van der Waals surface area contributed by atoms with Crippen LogP contribution in [0.4, 0.5) is 0 Å². The Balaban J connectivity index is 1.48. The summed E-state index contributed by atoms with van der Waals surface area (Å²) in [6.07, 6.45) is 9.49. The quantitative estimate of drug-likeness (QED) is 0.311. The van der Waals surface area contributed by atoms with Crippen molar-refractivity contribution in [3.8, 4) is 28.4 Å². The zero-order chi connectivity index (χ0) is 25.1. The molecule has 1 saturated carbocycles. The van der Waals surface area contributed by atoms with Crippen molar-refractivity contribution in [2.24, 2.45) is 0 Å². The first-order chi connectivity index (χ1) is 17.6. The molecular weight excluding hydrogens is 448 g/mol. The Kier molecular flexibility index (Phi) is 7.03. The SMILES string of the molecule is COc1cc(C(=O)N(C(C)C)C2CCCCC2)ccc1Cn1ccc2ncnc-2c1-c1ccccc1. The minimum Gasteiger partial charge on any atom is -0.496 e. The molecule has 5 rings (SSSR count). The maximum atomic E-state index is 13.6. The van der Waals surface area contributed by atoms with Crippen molar-refractivity contribution < 1.29 is 9.53 Å².